The van der Waals surface area contributed by atoms with E-state index < -0.39 is 0 Å². The standard InChI is InChI=1S/C14H15NO3S/c1-9(2)18-11-4-10(6-15-7-11)14(16)13-5-12(17-3)8-19-13/h4-9H,1-3H3. The predicted molar refractivity (Wildman–Crippen MR) is 74.3 cm³/mol. The molecular formula is C14H15NO3S. The summed E-state index contributed by atoms with van der Waals surface area (Å²) in [6.45, 7) is 3.86. The van der Waals surface area contributed by atoms with E-state index in [1.165, 1.54) is 11.3 Å². The van der Waals surface area contributed by atoms with Crippen LogP contribution in [-0.4, -0.2) is 24.0 Å². The van der Waals surface area contributed by atoms with E-state index >= 15 is 0 Å². The summed E-state index contributed by atoms with van der Waals surface area (Å²) in [5, 5.41) is 1.80. The molecule has 2 heterocycles. The fourth-order valence-electron chi connectivity index (χ4n) is 1.57. The van der Waals surface area contributed by atoms with Crippen molar-refractivity contribution in [1.29, 1.82) is 0 Å². The zero-order valence-electron chi connectivity index (χ0n) is 11.0. The minimum absolute atomic E-state index is 0.0500. The third-order valence-corrected chi connectivity index (χ3v) is 3.29. The van der Waals surface area contributed by atoms with Crippen LogP contribution >= 0.6 is 11.3 Å². The molecule has 19 heavy (non-hydrogen) atoms. The van der Waals surface area contributed by atoms with Gasteiger partial charge >= 0.3 is 0 Å². The van der Waals surface area contributed by atoms with Crippen LogP contribution in [0.3, 0.4) is 0 Å². The lowest BCUT2D eigenvalue weighted by atomic mass is 10.1. The van der Waals surface area contributed by atoms with E-state index in [1.807, 2.05) is 13.8 Å². The third kappa shape index (κ3) is 3.32. The van der Waals surface area contributed by atoms with E-state index in [4.69, 9.17) is 9.47 Å². The Kier molecular flexibility index (Phi) is 4.16. The Morgan fingerprint density at radius 3 is 2.68 bits per heavy atom. The topological polar surface area (TPSA) is 48.4 Å². The zero-order valence-corrected chi connectivity index (χ0v) is 11.9. The molecule has 0 aliphatic carbocycles. The molecule has 0 saturated heterocycles. The summed E-state index contributed by atoms with van der Waals surface area (Å²) in [6, 6.07) is 3.44. The maximum atomic E-state index is 12.3. The molecule has 0 N–H and O–H groups in total. The molecule has 2 rings (SSSR count). The summed E-state index contributed by atoms with van der Waals surface area (Å²) in [5.74, 6) is 1.22. The van der Waals surface area contributed by atoms with Crippen LogP contribution in [0, 0.1) is 0 Å². The number of rotatable bonds is 5. The predicted octanol–water partition coefficient (Wildman–Crippen LogP) is 3.17. The fourth-order valence-corrected chi connectivity index (χ4v) is 2.38. The van der Waals surface area contributed by atoms with Crippen molar-refractivity contribution in [2.45, 2.75) is 20.0 Å². The highest BCUT2D eigenvalue weighted by Gasteiger charge is 2.13. The molecule has 0 saturated carbocycles. The van der Waals surface area contributed by atoms with Gasteiger partial charge in [-0.1, -0.05) is 0 Å². The largest absolute Gasteiger partial charge is 0.496 e. The second-order valence-corrected chi connectivity index (χ2v) is 5.17. The van der Waals surface area contributed by atoms with Crippen molar-refractivity contribution in [3.8, 4) is 11.5 Å². The summed E-state index contributed by atoms with van der Waals surface area (Å²) in [5.41, 5.74) is 0.516. The van der Waals surface area contributed by atoms with Crippen molar-refractivity contribution in [2.75, 3.05) is 7.11 Å². The van der Waals surface area contributed by atoms with E-state index in [1.54, 1.807) is 37.0 Å². The van der Waals surface area contributed by atoms with Crippen LogP contribution in [0.4, 0.5) is 0 Å². The summed E-state index contributed by atoms with van der Waals surface area (Å²) >= 11 is 1.35. The van der Waals surface area contributed by atoms with Gasteiger partial charge in [0, 0.05) is 23.2 Å². The quantitative estimate of drug-likeness (QED) is 0.788. The first-order valence-electron chi connectivity index (χ1n) is 5.89. The smallest absolute Gasteiger partial charge is 0.204 e. The van der Waals surface area contributed by atoms with Gasteiger partial charge in [-0.05, 0) is 19.9 Å². The van der Waals surface area contributed by atoms with E-state index in [0.29, 0.717) is 21.9 Å². The molecule has 100 valence electrons. The number of carbonyl (C=O) groups excluding carboxylic acids is 1. The Morgan fingerprint density at radius 1 is 1.26 bits per heavy atom. The van der Waals surface area contributed by atoms with Crippen LogP contribution in [0.25, 0.3) is 0 Å². The fraction of sp³-hybridized carbons (Fsp3) is 0.286. The van der Waals surface area contributed by atoms with Gasteiger partial charge in [0.2, 0.25) is 5.78 Å². The zero-order chi connectivity index (χ0) is 13.8. The molecule has 0 atom stereocenters. The number of ketones is 1. The monoisotopic (exact) mass is 277 g/mol. The van der Waals surface area contributed by atoms with Crippen LogP contribution in [0.1, 0.15) is 29.1 Å². The van der Waals surface area contributed by atoms with Crippen LogP contribution in [0.2, 0.25) is 0 Å². The summed E-state index contributed by atoms with van der Waals surface area (Å²) in [4.78, 5) is 16.9. The number of carbonyl (C=O) groups is 1. The van der Waals surface area contributed by atoms with Crippen molar-refractivity contribution < 1.29 is 14.3 Å². The molecule has 0 aromatic carbocycles. The van der Waals surface area contributed by atoms with Crippen molar-refractivity contribution >= 4 is 17.1 Å². The number of ether oxygens (including phenoxy) is 2. The maximum absolute atomic E-state index is 12.3. The lowest BCUT2D eigenvalue weighted by Crippen LogP contribution is -2.07. The van der Waals surface area contributed by atoms with Crippen LogP contribution < -0.4 is 9.47 Å². The van der Waals surface area contributed by atoms with Gasteiger partial charge in [0.25, 0.3) is 0 Å². The van der Waals surface area contributed by atoms with Gasteiger partial charge < -0.3 is 9.47 Å². The number of methoxy groups -OCH3 is 1. The van der Waals surface area contributed by atoms with Gasteiger partial charge in [0.1, 0.15) is 11.5 Å². The molecule has 0 radical (unpaired) electrons. The number of pyridine rings is 1. The minimum Gasteiger partial charge on any atom is -0.496 e. The Balaban J connectivity index is 2.23. The SMILES string of the molecule is COc1csc(C(=O)c2cncc(OC(C)C)c2)c1. The van der Waals surface area contributed by atoms with Gasteiger partial charge in [-0.2, -0.15) is 0 Å². The number of thiophene rings is 1. The first-order valence-corrected chi connectivity index (χ1v) is 6.77. The molecule has 0 amide bonds. The van der Waals surface area contributed by atoms with Gasteiger partial charge in [0.15, 0.2) is 0 Å². The molecule has 0 bridgehead atoms. The molecule has 0 unspecified atom stereocenters. The Morgan fingerprint density at radius 2 is 2.05 bits per heavy atom. The molecule has 0 fully saturated rings. The van der Waals surface area contributed by atoms with Crippen molar-refractivity contribution in [1.82, 2.24) is 4.98 Å². The van der Waals surface area contributed by atoms with Crippen molar-refractivity contribution in [2.24, 2.45) is 0 Å². The summed E-state index contributed by atoms with van der Waals surface area (Å²) in [7, 11) is 1.58. The Bertz CT molecular complexity index is 578. The average molecular weight is 277 g/mol. The second-order valence-electron chi connectivity index (χ2n) is 4.26. The maximum Gasteiger partial charge on any atom is 0.204 e. The number of hydrogen-bond donors (Lipinski definition) is 0. The van der Waals surface area contributed by atoms with Gasteiger partial charge in [-0.15, -0.1) is 11.3 Å². The van der Waals surface area contributed by atoms with E-state index in [-0.39, 0.29) is 11.9 Å². The van der Waals surface area contributed by atoms with Crippen LogP contribution in [-0.2, 0) is 0 Å². The molecular weight excluding hydrogens is 262 g/mol. The molecule has 0 aliphatic heterocycles. The molecule has 0 aliphatic rings. The molecule has 4 nitrogen and oxygen atoms in total. The minimum atomic E-state index is -0.0741. The molecule has 2 aromatic rings. The number of hydrogen-bond acceptors (Lipinski definition) is 5. The average Bonchev–Trinajstić information content (AvgIpc) is 2.86. The highest BCUT2D eigenvalue weighted by Crippen LogP contribution is 2.24. The summed E-state index contributed by atoms with van der Waals surface area (Å²) < 4.78 is 10.6. The lowest BCUT2D eigenvalue weighted by molar-refractivity contribution is 0.104. The Hall–Kier alpha value is -1.88. The van der Waals surface area contributed by atoms with Gasteiger partial charge in [-0.25, -0.2) is 0 Å². The second kappa shape index (κ2) is 5.84. The molecule has 5 heteroatoms. The first kappa shape index (κ1) is 13.5. The third-order valence-electron chi connectivity index (χ3n) is 2.38. The van der Waals surface area contributed by atoms with E-state index in [2.05, 4.69) is 4.98 Å². The van der Waals surface area contributed by atoms with Crippen molar-refractivity contribution in [3.05, 3.63) is 40.3 Å². The number of aromatic nitrogens is 1. The first-order chi connectivity index (χ1) is 9.10. The van der Waals surface area contributed by atoms with E-state index in [0.717, 1.165) is 0 Å². The highest BCUT2D eigenvalue weighted by atomic mass is 32.1. The highest BCUT2D eigenvalue weighted by molar-refractivity contribution is 7.12. The van der Waals surface area contributed by atoms with Crippen LogP contribution in [0.15, 0.2) is 29.9 Å². The molecule has 2 aromatic heterocycles. The lowest BCUT2D eigenvalue weighted by Gasteiger charge is -2.09. The van der Waals surface area contributed by atoms with Crippen LogP contribution in [0.5, 0.6) is 11.5 Å². The van der Waals surface area contributed by atoms with Gasteiger partial charge in [-0.3, -0.25) is 9.78 Å². The summed E-state index contributed by atoms with van der Waals surface area (Å²) in [6.07, 6.45) is 3.20. The number of nitrogens with zero attached hydrogens (tertiary/aromatic N) is 1. The molecule has 0 spiro atoms. The normalized spacial score (nSPS) is 10.5. The Labute approximate surface area is 116 Å². The van der Waals surface area contributed by atoms with Gasteiger partial charge in [0.05, 0.1) is 24.3 Å². The van der Waals surface area contributed by atoms with Crippen molar-refractivity contribution in [3.63, 3.8) is 0 Å². The van der Waals surface area contributed by atoms with E-state index in [9.17, 15) is 4.79 Å².